The molecule has 2 rings (SSSR count). The van der Waals surface area contributed by atoms with Gasteiger partial charge in [-0.1, -0.05) is 12.1 Å². The predicted octanol–water partition coefficient (Wildman–Crippen LogP) is 3.35. The Morgan fingerprint density at radius 2 is 1.92 bits per heavy atom. The van der Waals surface area contributed by atoms with Gasteiger partial charge in [0.2, 0.25) is 5.91 Å². The Hall–Kier alpha value is -2.47. The van der Waals surface area contributed by atoms with Crippen molar-refractivity contribution >= 4 is 11.6 Å². The Labute approximate surface area is 140 Å². The maximum absolute atomic E-state index is 13.7. The molecular weight excluding hydrogens is 314 g/mol. The molecule has 0 aliphatic rings. The number of hydrogen-bond donors (Lipinski definition) is 1. The lowest BCUT2D eigenvalue weighted by Crippen LogP contribution is -2.30. The van der Waals surface area contributed by atoms with E-state index in [0.717, 1.165) is 5.56 Å². The molecular formula is C18H20F2N2O2. The Morgan fingerprint density at radius 1 is 1.17 bits per heavy atom. The van der Waals surface area contributed by atoms with Gasteiger partial charge in [0.25, 0.3) is 0 Å². The van der Waals surface area contributed by atoms with Crippen LogP contribution in [-0.2, 0) is 11.3 Å². The van der Waals surface area contributed by atoms with Crippen LogP contribution < -0.4 is 10.1 Å². The number of halogens is 2. The first-order valence-electron chi connectivity index (χ1n) is 7.46. The number of anilines is 1. The monoisotopic (exact) mass is 334 g/mol. The Balaban J connectivity index is 1.92. The lowest BCUT2D eigenvalue weighted by atomic mass is 10.2. The van der Waals surface area contributed by atoms with E-state index < -0.39 is 11.6 Å². The zero-order chi connectivity index (χ0) is 17.7. The second-order valence-corrected chi connectivity index (χ2v) is 5.67. The molecule has 0 spiro atoms. The summed E-state index contributed by atoms with van der Waals surface area (Å²) >= 11 is 0. The quantitative estimate of drug-likeness (QED) is 0.881. The fraction of sp³-hybridized carbons (Fsp3) is 0.278. The van der Waals surface area contributed by atoms with Crippen LogP contribution in [0.3, 0.4) is 0 Å². The van der Waals surface area contributed by atoms with Gasteiger partial charge in [0, 0.05) is 6.54 Å². The maximum atomic E-state index is 13.7. The minimum absolute atomic E-state index is 0.0565. The van der Waals surface area contributed by atoms with Crippen LogP contribution in [0.1, 0.15) is 11.1 Å². The summed E-state index contributed by atoms with van der Waals surface area (Å²) in [6.45, 7) is 2.21. The van der Waals surface area contributed by atoms with Gasteiger partial charge in [0.1, 0.15) is 5.82 Å². The van der Waals surface area contributed by atoms with Crippen molar-refractivity contribution in [1.82, 2.24) is 4.90 Å². The molecule has 128 valence electrons. The van der Waals surface area contributed by atoms with E-state index in [4.69, 9.17) is 4.74 Å². The van der Waals surface area contributed by atoms with E-state index >= 15 is 0 Å². The van der Waals surface area contributed by atoms with Gasteiger partial charge in [0.05, 0.1) is 19.3 Å². The molecule has 0 radical (unpaired) electrons. The number of nitrogens with one attached hydrogen (secondary N) is 1. The SMILES string of the molecule is COc1ccc(CN(C)CC(=O)Nc2ccc(C)cc2F)cc1F. The van der Waals surface area contributed by atoms with E-state index in [1.807, 2.05) is 0 Å². The van der Waals surface area contributed by atoms with Crippen molar-refractivity contribution in [2.45, 2.75) is 13.5 Å². The molecule has 0 fully saturated rings. The summed E-state index contributed by atoms with van der Waals surface area (Å²) in [6.07, 6.45) is 0. The van der Waals surface area contributed by atoms with E-state index in [0.29, 0.717) is 12.1 Å². The number of carbonyl (C=O) groups excluding carboxylic acids is 1. The summed E-state index contributed by atoms with van der Waals surface area (Å²) in [5.74, 6) is -1.08. The molecule has 0 aromatic heterocycles. The van der Waals surface area contributed by atoms with Crippen molar-refractivity contribution in [2.75, 3.05) is 26.0 Å². The number of rotatable bonds is 6. The van der Waals surface area contributed by atoms with E-state index in [1.54, 1.807) is 37.1 Å². The molecule has 2 aromatic carbocycles. The summed E-state index contributed by atoms with van der Waals surface area (Å²) in [5, 5.41) is 2.53. The van der Waals surface area contributed by atoms with Crippen molar-refractivity contribution in [3.05, 3.63) is 59.2 Å². The summed E-state index contributed by atoms with van der Waals surface area (Å²) < 4.78 is 32.3. The van der Waals surface area contributed by atoms with Gasteiger partial charge in [-0.15, -0.1) is 0 Å². The van der Waals surface area contributed by atoms with Crippen LogP contribution in [0.2, 0.25) is 0 Å². The number of aryl methyl sites for hydroxylation is 1. The van der Waals surface area contributed by atoms with E-state index in [1.165, 1.54) is 25.3 Å². The molecule has 0 bridgehead atoms. The van der Waals surface area contributed by atoms with Crippen molar-refractivity contribution in [2.24, 2.45) is 0 Å². The van der Waals surface area contributed by atoms with Crippen LogP contribution in [0.4, 0.5) is 14.5 Å². The third-order valence-corrected chi connectivity index (χ3v) is 3.48. The standard InChI is InChI=1S/C18H20F2N2O2/c1-12-4-6-16(14(19)8-12)21-18(23)11-22(2)10-13-5-7-17(24-3)15(20)9-13/h4-9H,10-11H2,1-3H3,(H,21,23). The highest BCUT2D eigenvalue weighted by Gasteiger charge is 2.11. The van der Waals surface area contributed by atoms with Gasteiger partial charge >= 0.3 is 0 Å². The van der Waals surface area contributed by atoms with Crippen LogP contribution in [-0.4, -0.2) is 31.5 Å². The number of nitrogens with zero attached hydrogens (tertiary/aromatic N) is 1. The lowest BCUT2D eigenvalue weighted by Gasteiger charge is -2.17. The first kappa shape index (κ1) is 17.9. The van der Waals surface area contributed by atoms with Gasteiger partial charge in [0.15, 0.2) is 11.6 Å². The number of carbonyl (C=O) groups is 1. The van der Waals surface area contributed by atoms with E-state index in [-0.39, 0.29) is 23.9 Å². The van der Waals surface area contributed by atoms with E-state index in [2.05, 4.69) is 5.32 Å². The van der Waals surface area contributed by atoms with Gasteiger partial charge < -0.3 is 10.1 Å². The second-order valence-electron chi connectivity index (χ2n) is 5.67. The largest absolute Gasteiger partial charge is 0.494 e. The minimum Gasteiger partial charge on any atom is -0.494 e. The summed E-state index contributed by atoms with van der Waals surface area (Å²) in [5.41, 5.74) is 1.64. The number of benzene rings is 2. The fourth-order valence-electron chi connectivity index (χ4n) is 2.33. The van der Waals surface area contributed by atoms with Crippen LogP contribution in [0, 0.1) is 18.6 Å². The summed E-state index contributed by atoms with van der Waals surface area (Å²) in [4.78, 5) is 13.7. The molecule has 1 amide bonds. The van der Waals surface area contributed by atoms with Crippen LogP contribution in [0.25, 0.3) is 0 Å². The number of hydrogen-bond acceptors (Lipinski definition) is 3. The molecule has 2 aromatic rings. The highest BCUT2D eigenvalue weighted by atomic mass is 19.1. The predicted molar refractivity (Wildman–Crippen MR) is 89.1 cm³/mol. The number of methoxy groups -OCH3 is 1. The number of ether oxygens (including phenoxy) is 1. The average molecular weight is 334 g/mol. The lowest BCUT2D eigenvalue weighted by molar-refractivity contribution is -0.117. The molecule has 0 heterocycles. The molecule has 4 nitrogen and oxygen atoms in total. The first-order valence-corrected chi connectivity index (χ1v) is 7.46. The van der Waals surface area contributed by atoms with Gasteiger partial charge in [-0.25, -0.2) is 8.78 Å². The highest BCUT2D eigenvalue weighted by molar-refractivity contribution is 5.92. The summed E-state index contributed by atoms with van der Waals surface area (Å²) in [6, 6.07) is 9.26. The zero-order valence-corrected chi connectivity index (χ0v) is 13.9. The molecule has 24 heavy (non-hydrogen) atoms. The molecule has 1 N–H and O–H groups in total. The van der Waals surface area contributed by atoms with Crippen LogP contribution >= 0.6 is 0 Å². The second kappa shape index (κ2) is 7.88. The van der Waals surface area contributed by atoms with Gasteiger partial charge in [-0.05, 0) is 49.4 Å². The van der Waals surface area contributed by atoms with Crippen LogP contribution in [0.5, 0.6) is 5.75 Å². The van der Waals surface area contributed by atoms with Crippen molar-refractivity contribution in [3.8, 4) is 5.75 Å². The molecule has 0 aliphatic carbocycles. The Bertz CT molecular complexity index is 735. The topological polar surface area (TPSA) is 41.6 Å². The molecule has 0 saturated heterocycles. The normalized spacial score (nSPS) is 10.8. The Kier molecular flexibility index (Phi) is 5.87. The molecule has 0 atom stereocenters. The molecule has 0 unspecified atom stereocenters. The summed E-state index contributed by atoms with van der Waals surface area (Å²) in [7, 11) is 3.13. The third-order valence-electron chi connectivity index (χ3n) is 3.48. The molecule has 0 aliphatic heterocycles. The third kappa shape index (κ3) is 4.76. The van der Waals surface area contributed by atoms with Crippen LogP contribution in [0.15, 0.2) is 36.4 Å². The number of amides is 1. The Morgan fingerprint density at radius 3 is 2.54 bits per heavy atom. The first-order chi connectivity index (χ1) is 11.4. The van der Waals surface area contributed by atoms with Crippen molar-refractivity contribution < 1.29 is 18.3 Å². The molecule has 0 saturated carbocycles. The minimum atomic E-state index is -0.469. The van der Waals surface area contributed by atoms with Crippen molar-refractivity contribution in [3.63, 3.8) is 0 Å². The van der Waals surface area contributed by atoms with Gasteiger partial charge in [-0.3, -0.25) is 9.69 Å². The highest BCUT2D eigenvalue weighted by Crippen LogP contribution is 2.19. The molecule has 6 heteroatoms. The average Bonchev–Trinajstić information content (AvgIpc) is 2.50. The maximum Gasteiger partial charge on any atom is 0.238 e. The van der Waals surface area contributed by atoms with Crippen molar-refractivity contribution in [1.29, 1.82) is 0 Å². The fourth-order valence-corrected chi connectivity index (χ4v) is 2.33. The van der Waals surface area contributed by atoms with Gasteiger partial charge in [-0.2, -0.15) is 0 Å². The smallest absolute Gasteiger partial charge is 0.238 e. The van der Waals surface area contributed by atoms with E-state index in [9.17, 15) is 13.6 Å². The number of likely N-dealkylation sites (N-methyl/N-ethyl adjacent to an activating group) is 1. The zero-order valence-electron chi connectivity index (χ0n) is 13.9.